The van der Waals surface area contributed by atoms with E-state index in [9.17, 15) is 17.6 Å². The smallest absolute Gasteiger partial charge is 0.280 e. The number of Topliss-reactive ketones (excluding diaryl/α,β-unsaturated/α-hetero) is 1. The second-order valence-electron chi connectivity index (χ2n) is 9.24. The third-order valence-corrected chi connectivity index (χ3v) is 8.39. The third-order valence-electron chi connectivity index (χ3n) is 6.50. The Balaban J connectivity index is 1.59. The number of carbonyl (C=O) groups is 1. The first kappa shape index (κ1) is 25.5. The van der Waals surface area contributed by atoms with E-state index in [0.717, 1.165) is 21.0 Å². The van der Waals surface area contributed by atoms with Crippen molar-refractivity contribution in [2.45, 2.75) is 44.7 Å². The lowest BCUT2D eigenvalue weighted by Crippen LogP contribution is -2.55. The molecule has 0 radical (unpaired) electrons. The van der Waals surface area contributed by atoms with Gasteiger partial charge in [-0.1, -0.05) is 74.0 Å². The number of rotatable bonds is 6. The molecule has 1 saturated heterocycles. The second kappa shape index (κ2) is 10.2. The first-order chi connectivity index (χ1) is 16.5. The molecule has 4 rings (SSSR count). The predicted octanol–water partition coefficient (Wildman–Crippen LogP) is 5.66. The Morgan fingerprint density at radius 3 is 2.46 bits per heavy atom. The number of nitrogens with zero attached hydrogens (tertiary/aromatic N) is 1. The molecule has 5 nitrogen and oxygen atoms in total. The Bertz CT molecular complexity index is 1340. The Kier molecular flexibility index (Phi) is 7.43. The number of halogens is 2. The van der Waals surface area contributed by atoms with Gasteiger partial charge in [-0.3, -0.25) is 4.79 Å². The molecular formula is C27H28ClFN2O3S. The molecule has 0 bridgehead atoms. The van der Waals surface area contributed by atoms with Gasteiger partial charge in [0.05, 0.1) is 11.1 Å². The summed E-state index contributed by atoms with van der Waals surface area (Å²) in [4.78, 5) is 13.1. The van der Waals surface area contributed by atoms with Crippen LogP contribution < -0.4 is 4.72 Å². The molecule has 0 saturated carbocycles. The molecule has 1 aliphatic rings. The van der Waals surface area contributed by atoms with Crippen LogP contribution in [0.3, 0.4) is 0 Å². The molecule has 8 heteroatoms. The highest BCUT2D eigenvalue weighted by Gasteiger charge is 2.40. The summed E-state index contributed by atoms with van der Waals surface area (Å²) < 4.78 is 43.0. The zero-order valence-corrected chi connectivity index (χ0v) is 21.4. The third kappa shape index (κ3) is 5.64. The predicted molar refractivity (Wildman–Crippen MR) is 137 cm³/mol. The van der Waals surface area contributed by atoms with Gasteiger partial charge in [-0.25, -0.2) is 4.39 Å². The minimum absolute atomic E-state index is 0.0422. The van der Waals surface area contributed by atoms with E-state index in [0.29, 0.717) is 11.5 Å². The van der Waals surface area contributed by atoms with Crippen molar-refractivity contribution < 1.29 is 17.6 Å². The van der Waals surface area contributed by atoms with Crippen molar-refractivity contribution in [2.24, 2.45) is 0 Å². The highest BCUT2D eigenvalue weighted by molar-refractivity contribution is 7.87. The molecule has 3 aromatic rings. The fraction of sp³-hybridized carbons (Fsp3) is 0.296. The highest BCUT2D eigenvalue weighted by Crippen LogP contribution is 2.32. The van der Waals surface area contributed by atoms with Gasteiger partial charge >= 0.3 is 0 Å². The number of nitrogens with one attached hydrogen (secondary N) is 1. The molecule has 35 heavy (non-hydrogen) atoms. The van der Waals surface area contributed by atoms with E-state index in [1.807, 2.05) is 24.3 Å². The van der Waals surface area contributed by atoms with Crippen molar-refractivity contribution in [1.82, 2.24) is 9.03 Å². The molecule has 1 fully saturated rings. The van der Waals surface area contributed by atoms with E-state index in [1.54, 1.807) is 0 Å². The van der Waals surface area contributed by atoms with E-state index in [2.05, 4.69) is 42.8 Å². The quantitative estimate of drug-likeness (QED) is 0.461. The number of likely N-dealkylation sites (N-methyl/N-ethyl adjacent to an activating group) is 1. The van der Waals surface area contributed by atoms with E-state index in [1.165, 1.54) is 30.8 Å². The number of benzene rings is 3. The average molecular weight is 515 g/mol. The lowest BCUT2D eigenvalue weighted by molar-refractivity contribution is -0.122. The maximum Gasteiger partial charge on any atom is 0.280 e. The van der Waals surface area contributed by atoms with E-state index >= 15 is 0 Å². The van der Waals surface area contributed by atoms with Crippen LogP contribution in [0.4, 0.5) is 4.39 Å². The summed E-state index contributed by atoms with van der Waals surface area (Å²) in [6, 6.07) is 18.7. The highest BCUT2D eigenvalue weighted by atomic mass is 35.5. The number of hydrogen-bond donors (Lipinski definition) is 1. The first-order valence-corrected chi connectivity index (χ1v) is 13.3. The molecule has 2 atom stereocenters. The summed E-state index contributed by atoms with van der Waals surface area (Å²) >= 11 is 5.85. The van der Waals surface area contributed by atoms with Crippen molar-refractivity contribution in [1.29, 1.82) is 0 Å². The van der Waals surface area contributed by atoms with Crippen LogP contribution >= 0.6 is 11.6 Å². The summed E-state index contributed by atoms with van der Waals surface area (Å²) in [7, 11) is -2.48. The molecule has 0 spiro atoms. The fourth-order valence-corrected chi connectivity index (χ4v) is 5.85. The first-order valence-electron chi connectivity index (χ1n) is 11.5. The van der Waals surface area contributed by atoms with Crippen molar-refractivity contribution >= 4 is 27.6 Å². The summed E-state index contributed by atoms with van der Waals surface area (Å²) in [6.07, 6.45) is 0.235. The van der Waals surface area contributed by atoms with Crippen molar-refractivity contribution in [3.63, 3.8) is 0 Å². The zero-order valence-electron chi connectivity index (χ0n) is 19.8. The fourth-order valence-electron chi connectivity index (χ4n) is 4.35. The molecule has 0 aliphatic carbocycles. The van der Waals surface area contributed by atoms with Gasteiger partial charge in [0.25, 0.3) is 10.2 Å². The van der Waals surface area contributed by atoms with Crippen LogP contribution in [-0.2, 0) is 21.4 Å². The van der Waals surface area contributed by atoms with Crippen LogP contribution in [-0.4, -0.2) is 31.6 Å². The van der Waals surface area contributed by atoms with Crippen molar-refractivity contribution in [3.8, 4) is 11.1 Å². The standard InChI is InChI=1S/C27H28ClFN2O3S/c1-17(2)19-8-10-20(11-9-19)21-5-4-6-22(15-21)25-16-26(31(3)35(33,34)30-25)27(32)14-18-7-12-24(29)23(28)13-18/h4-13,15,17,25-26,30H,14,16H2,1-3H3/t25-,26+/m1/s1. The maximum atomic E-state index is 13.5. The molecular weight excluding hydrogens is 487 g/mol. The van der Waals surface area contributed by atoms with Crippen molar-refractivity contribution in [3.05, 3.63) is 94.3 Å². The number of ketones is 1. The molecule has 3 aromatic carbocycles. The average Bonchev–Trinajstić information content (AvgIpc) is 2.83. The Labute approximate surface area is 211 Å². The molecule has 1 heterocycles. The van der Waals surface area contributed by atoms with Gasteiger partial charge < -0.3 is 0 Å². The lowest BCUT2D eigenvalue weighted by atomic mass is 9.92. The SMILES string of the molecule is CC(C)c1ccc(-c2cccc([C@H]3C[C@@H](C(=O)Cc4ccc(F)c(Cl)c4)N(C)S(=O)(=O)N3)c2)cc1. The van der Waals surface area contributed by atoms with Gasteiger partial charge in [0, 0.05) is 19.5 Å². The van der Waals surface area contributed by atoms with E-state index < -0.39 is 28.1 Å². The monoisotopic (exact) mass is 514 g/mol. The Morgan fingerprint density at radius 2 is 1.80 bits per heavy atom. The lowest BCUT2D eigenvalue weighted by Gasteiger charge is -2.36. The largest absolute Gasteiger partial charge is 0.298 e. The van der Waals surface area contributed by atoms with Gasteiger partial charge in [0.1, 0.15) is 5.82 Å². The van der Waals surface area contributed by atoms with Crippen LogP contribution in [0, 0.1) is 5.82 Å². The van der Waals surface area contributed by atoms with Crippen LogP contribution in [0.2, 0.25) is 5.02 Å². The molecule has 1 N–H and O–H groups in total. The molecule has 0 amide bonds. The normalized spacial score (nSPS) is 20.2. The second-order valence-corrected chi connectivity index (χ2v) is 11.4. The van der Waals surface area contributed by atoms with E-state index in [4.69, 9.17) is 11.6 Å². The summed E-state index contributed by atoms with van der Waals surface area (Å²) in [5.41, 5.74) is 4.58. The minimum Gasteiger partial charge on any atom is -0.298 e. The molecule has 1 aliphatic heterocycles. The molecule has 0 unspecified atom stereocenters. The van der Waals surface area contributed by atoms with Crippen molar-refractivity contribution in [2.75, 3.05) is 7.05 Å². The number of carbonyl (C=O) groups excluding carboxylic acids is 1. The van der Waals surface area contributed by atoms with Gasteiger partial charge in [-0.2, -0.15) is 17.4 Å². The topological polar surface area (TPSA) is 66.5 Å². The van der Waals surface area contributed by atoms with Crippen LogP contribution in [0.5, 0.6) is 0 Å². The van der Waals surface area contributed by atoms with Crippen LogP contribution in [0.25, 0.3) is 11.1 Å². The van der Waals surface area contributed by atoms with E-state index in [-0.39, 0.29) is 23.6 Å². The minimum atomic E-state index is -3.88. The van der Waals surface area contributed by atoms with Crippen LogP contribution in [0.1, 0.15) is 48.9 Å². The summed E-state index contributed by atoms with van der Waals surface area (Å²) in [6.45, 7) is 4.29. The van der Waals surface area contributed by atoms with Gasteiger partial charge in [0.15, 0.2) is 5.78 Å². The molecule has 0 aromatic heterocycles. The molecule has 184 valence electrons. The Hall–Kier alpha value is -2.58. The van der Waals surface area contributed by atoms with Crippen LogP contribution in [0.15, 0.2) is 66.7 Å². The van der Waals surface area contributed by atoms with Gasteiger partial charge in [-0.05, 0) is 58.4 Å². The number of hydrogen-bond acceptors (Lipinski definition) is 3. The maximum absolute atomic E-state index is 13.5. The summed E-state index contributed by atoms with van der Waals surface area (Å²) in [5, 5.41) is -0.0716. The summed E-state index contributed by atoms with van der Waals surface area (Å²) in [5.74, 6) is -0.404. The zero-order chi connectivity index (χ0) is 25.3. The van der Waals surface area contributed by atoms with Gasteiger partial charge in [0.2, 0.25) is 0 Å². The van der Waals surface area contributed by atoms with Gasteiger partial charge in [-0.15, -0.1) is 0 Å². The Morgan fingerprint density at radius 1 is 1.09 bits per heavy atom.